The maximum atomic E-state index is 13.3. The van der Waals surface area contributed by atoms with Crippen molar-refractivity contribution in [2.24, 2.45) is 0 Å². The zero-order chi connectivity index (χ0) is 18.0. The van der Waals surface area contributed by atoms with Crippen LogP contribution in [0.5, 0.6) is 0 Å². The second-order valence-corrected chi connectivity index (χ2v) is 6.17. The van der Waals surface area contributed by atoms with Gasteiger partial charge in [-0.3, -0.25) is 4.98 Å². The predicted molar refractivity (Wildman–Crippen MR) is 98.1 cm³/mol. The van der Waals surface area contributed by atoms with E-state index in [9.17, 15) is 8.78 Å². The van der Waals surface area contributed by atoms with Crippen LogP contribution in [0.15, 0.2) is 72.7 Å². The molecular weight excluding hydrogens is 342 g/mol. The van der Waals surface area contributed by atoms with Crippen LogP contribution in [0, 0.1) is 0 Å². The van der Waals surface area contributed by atoms with Crippen LogP contribution in [0.1, 0.15) is 18.1 Å². The lowest BCUT2D eigenvalue weighted by molar-refractivity contribution is 0.123. The molecule has 5 heteroatoms. The Kier molecular flexibility index (Phi) is 5.00. The molecule has 1 aromatic carbocycles. The van der Waals surface area contributed by atoms with Crippen LogP contribution in [0.2, 0.25) is 5.02 Å². The highest BCUT2D eigenvalue weighted by molar-refractivity contribution is 6.32. The molecule has 0 spiro atoms. The molecular formula is C20H17ClF2N2. The van der Waals surface area contributed by atoms with E-state index in [1.54, 1.807) is 17.2 Å². The second kappa shape index (κ2) is 7.19. The van der Waals surface area contributed by atoms with Crippen molar-refractivity contribution in [3.8, 4) is 0 Å². The Bertz CT molecular complexity index is 857. The van der Waals surface area contributed by atoms with Gasteiger partial charge in [0, 0.05) is 29.2 Å². The summed E-state index contributed by atoms with van der Waals surface area (Å²) in [4.78, 5) is 5.54. The lowest BCUT2D eigenvalue weighted by atomic mass is 9.92. The van der Waals surface area contributed by atoms with Crippen LogP contribution in [0.25, 0.3) is 11.3 Å². The highest BCUT2D eigenvalue weighted by atomic mass is 35.5. The molecule has 0 radical (unpaired) electrons. The van der Waals surface area contributed by atoms with Gasteiger partial charge >= 0.3 is 0 Å². The molecule has 1 aliphatic rings. The Labute approximate surface area is 150 Å². The van der Waals surface area contributed by atoms with Crippen molar-refractivity contribution < 1.29 is 8.78 Å². The molecule has 0 N–H and O–H groups in total. The minimum atomic E-state index is -2.50. The number of rotatable bonds is 4. The van der Waals surface area contributed by atoms with Gasteiger partial charge in [-0.1, -0.05) is 48.5 Å². The van der Waals surface area contributed by atoms with E-state index in [0.29, 0.717) is 22.0 Å². The van der Waals surface area contributed by atoms with Crippen molar-refractivity contribution in [3.05, 3.63) is 88.9 Å². The van der Waals surface area contributed by atoms with E-state index >= 15 is 0 Å². The summed E-state index contributed by atoms with van der Waals surface area (Å²) in [5, 5.41) is 0.408. The predicted octanol–water partition coefficient (Wildman–Crippen LogP) is 5.64. The van der Waals surface area contributed by atoms with Gasteiger partial charge < -0.3 is 4.90 Å². The average molecular weight is 359 g/mol. The van der Waals surface area contributed by atoms with Crippen LogP contribution in [-0.2, 0) is 0 Å². The van der Waals surface area contributed by atoms with Crippen molar-refractivity contribution >= 4 is 22.9 Å². The van der Waals surface area contributed by atoms with E-state index in [4.69, 9.17) is 11.6 Å². The standard InChI is InChI=1S/C20H17ClF2N2/c1-13-10-17(15-6-4-3-5-7-15)20(16-8-9-24-11-18(16)21)25(14(13)2)12-19(22)23/h3-11,19H,2,12H2,1H3. The van der Waals surface area contributed by atoms with E-state index in [-0.39, 0.29) is 0 Å². The van der Waals surface area contributed by atoms with Crippen molar-refractivity contribution in [2.75, 3.05) is 6.54 Å². The molecule has 1 aromatic heterocycles. The van der Waals surface area contributed by atoms with E-state index in [0.717, 1.165) is 16.7 Å². The number of nitrogens with zero attached hydrogens (tertiary/aromatic N) is 2. The van der Waals surface area contributed by atoms with Crippen LogP contribution in [-0.4, -0.2) is 22.9 Å². The van der Waals surface area contributed by atoms with Crippen molar-refractivity contribution in [1.82, 2.24) is 9.88 Å². The number of benzene rings is 1. The zero-order valence-corrected chi connectivity index (χ0v) is 14.5. The largest absolute Gasteiger partial charge is 0.335 e. The molecule has 0 unspecified atom stereocenters. The molecule has 0 saturated heterocycles. The number of hydrogen-bond acceptors (Lipinski definition) is 2. The third-order valence-corrected chi connectivity index (χ3v) is 4.40. The Morgan fingerprint density at radius 1 is 1.20 bits per heavy atom. The fraction of sp³-hybridized carbons (Fsp3) is 0.150. The molecule has 0 atom stereocenters. The Morgan fingerprint density at radius 3 is 2.56 bits per heavy atom. The molecule has 0 bridgehead atoms. The van der Waals surface area contributed by atoms with Crippen LogP contribution < -0.4 is 0 Å². The fourth-order valence-corrected chi connectivity index (χ4v) is 3.11. The van der Waals surface area contributed by atoms with Gasteiger partial charge in [0.2, 0.25) is 0 Å². The number of pyridine rings is 1. The molecule has 0 saturated carbocycles. The third kappa shape index (κ3) is 3.49. The molecule has 1 aliphatic heterocycles. The van der Waals surface area contributed by atoms with Gasteiger partial charge in [-0.05, 0) is 30.2 Å². The lowest BCUT2D eigenvalue weighted by Gasteiger charge is -2.35. The molecule has 0 amide bonds. The van der Waals surface area contributed by atoms with E-state index < -0.39 is 13.0 Å². The summed E-state index contributed by atoms with van der Waals surface area (Å²) in [6, 6.07) is 11.4. The van der Waals surface area contributed by atoms with Gasteiger partial charge in [0.1, 0.15) is 0 Å². The Balaban J connectivity index is 2.30. The summed E-state index contributed by atoms with van der Waals surface area (Å²) >= 11 is 6.34. The molecule has 2 heterocycles. The quantitative estimate of drug-likeness (QED) is 0.702. The maximum Gasteiger partial charge on any atom is 0.256 e. The Morgan fingerprint density at radius 2 is 1.92 bits per heavy atom. The van der Waals surface area contributed by atoms with Crippen LogP contribution >= 0.6 is 11.6 Å². The molecule has 0 aliphatic carbocycles. The first-order valence-electron chi connectivity index (χ1n) is 7.82. The van der Waals surface area contributed by atoms with Gasteiger partial charge in [-0.15, -0.1) is 0 Å². The molecule has 2 aromatic rings. The smallest absolute Gasteiger partial charge is 0.256 e. The minimum absolute atomic E-state index is 0.408. The normalized spacial score (nSPS) is 15.0. The summed E-state index contributed by atoms with van der Waals surface area (Å²) in [6.07, 6.45) is 2.58. The second-order valence-electron chi connectivity index (χ2n) is 5.76. The fourth-order valence-electron chi connectivity index (χ4n) is 2.90. The van der Waals surface area contributed by atoms with E-state index in [1.807, 2.05) is 43.3 Å². The third-order valence-electron chi connectivity index (χ3n) is 4.10. The summed E-state index contributed by atoms with van der Waals surface area (Å²) in [5.74, 6) is 0. The van der Waals surface area contributed by atoms with Gasteiger partial charge in [-0.25, -0.2) is 8.78 Å². The average Bonchev–Trinajstić information content (AvgIpc) is 2.60. The van der Waals surface area contributed by atoms with E-state index in [2.05, 4.69) is 11.6 Å². The summed E-state index contributed by atoms with van der Waals surface area (Å²) < 4.78 is 26.5. The first kappa shape index (κ1) is 17.4. The first-order valence-corrected chi connectivity index (χ1v) is 8.19. The number of aromatic nitrogens is 1. The number of hydrogen-bond donors (Lipinski definition) is 0. The topological polar surface area (TPSA) is 16.1 Å². The summed E-state index contributed by atoms with van der Waals surface area (Å²) in [5.41, 5.74) is 4.42. The first-order chi connectivity index (χ1) is 12.0. The van der Waals surface area contributed by atoms with E-state index in [1.165, 1.54) is 6.20 Å². The Hall–Kier alpha value is -2.46. The van der Waals surface area contributed by atoms with Crippen molar-refractivity contribution in [2.45, 2.75) is 13.3 Å². The molecule has 3 rings (SSSR count). The van der Waals surface area contributed by atoms with Crippen molar-refractivity contribution in [1.29, 1.82) is 0 Å². The molecule has 25 heavy (non-hydrogen) atoms. The summed E-state index contributed by atoms with van der Waals surface area (Å²) in [6.45, 7) is 5.41. The highest BCUT2D eigenvalue weighted by Crippen LogP contribution is 2.41. The minimum Gasteiger partial charge on any atom is -0.335 e. The summed E-state index contributed by atoms with van der Waals surface area (Å²) in [7, 11) is 0. The highest BCUT2D eigenvalue weighted by Gasteiger charge is 2.28. The number of alkyl halides is 2. The monoisotopic (exact) mass is 358 g/mol. The maximum absolute atomic E-state index is 13.3. The molecule has 128 valence electrons. The van der Waals surface area contributed by atoms with Gasteiger partial charge in [-0.2, -0.15) is 0 Å². The van der Waals surface area contributed by atoms with Gasteiger partial charge in [0.15, 0.2) is 0 Å². The van der Waals surface area contributed by atoms with Crippen LogP contribution in [0.3, 0.4) is 0 Å². The number of halogens is 3. The van der Waals surface area contributed by atoms with Gasteiger partial charge in [0.05, 0.1) is 17.3 Å². The van der Waals surface area contributed by atoms with Crippen molar-refractivity contribution in [3.63, 3.8) is 0 Å². The number of allylic oxidation sites excluding steroid dienone is 3. The molecule has 2 nitrogen and oxygen atoms in total. The van der Waals surface area contributed by atoms with Crippen LogP contribution in [0.4, 0.5) is 8.78 Å². The lowest BCUT2D eigenvalue weighted by Crippen LogP contribution is -2.30. The zero-order valence-electron chi connectivity index (χ0n) is 13.7. The molecule has 0 fully saturated rings. The van der Waals surface area contributed by atoms with Gasteiger partial charge in [0.25, 0.3) is 6.43 Å². The SMILES string of the molecule is C=C1C(C)=CC(c2ccccc2)=C(c2ccncc2Cl)N1CC(F)F.